The number of carbonyl (C=O) groups is 2. The van der Waals surface area contributed by atoms with E-state index in [0.717, 1.165) is 31.2 Å². The van der Waals surface area contributed by atoms with Gasteiger partial charge < -0.3 is 9.64 Å². The van der Waals surface area contributed by atoms with E-state index in [1.54, 1.807) is 23.7 Å². The molecular formula is C17H22N2O4. The number of rotatable bonds is 2. The summed E-state index contributed by atoms with van der Waals surface area (Å²) in [6.07, 6.45) is 4.22. The fourth-order valence-corrected chi connectivity index (χ4v) is 3.37. The number of hydrogen-bond acceptors (Lipinski definition) is 4. The maximum Gasteiger partial charge on any atom is 0.274 e. The van der Waals surface area contributed by atoms with Gasteiger partial charge in [-0.25, -0.2) is 5.48 Å². The predicted molar refractivity (Wildman–Crippen MR) is 83.2 cm³/mol. The van der Waals surface area contributed by atoms with Crippen LogP contribution in [-0.4, -0.2) is 34.6 Å². The van der Waals surface area contributed by atoms with Crippen molar-refractivity contribution in [1.29, 1.82) is 0 Å². The number of ether oxygens (including phenoxy) is 1. The van der Waals surface area contributed by atoms with Gasteiger partial charge in [-0.1, -0.05) is 18.9 Å². The number of amides is 2. The third-order valence-electron chi connectivity index (χ3n) is 4.77. The van der Waals surface area contributed by atoms with Crippen molar-refractivity contribution in [1.82, 2.24) is 10.4 Å². The first-order valence-electron chi connectivity index (χ1n) is 8.11. The van der Waals surface area contributed by atoms with Gasteiger partial charge in [-0.2, -0.15) is 0 Å². The lowest BCUT2D eigenvalue weighted by Crippen LogP contribution is -2.42. The molecule has 1 aliphatic carbocycles. The zero-order valence-electron chi connectivity index (χ0n) is 13.2. The van der Waals surface area contributed by atoms with Gasteiger partial charge in [-0.15, -0.1) is 0 Å². The lowest BCUT2D eigenvalue weighted by atomic mass is 10.0. The normalized spacial score (nSPS) is 21.3. The van der Waals surface area contributed by atoms with E-state index in [9.17, 15) is 9.59 Å². The summed E-state index contributed by atoms with van der Waals surface area (Å²) in [5.74, 6) is 0.370. The molecular weight excluding hydrogens is 296 g/mol. The van der Waals surface area contributed by atoms with Crippen LogP contribution in [0.3, 0.4) is 0 Å². The van der Waals surface area contributed by atoms with Crippen LogP contribution < -0.4 is 10.2 Å². The van der Waals surface area contributed by atoms with Gasteiger partial charge in [-0.3, -0.25) is 14.8 Å². The van der Waals surface area contributed by atoms with Gasteiger partial charge in [0.1, 0.15) is 12.4 Å². The van der Waals surface area contributed by atoms with Gasteiger partial charge in [0.15, 0.2) is 0 Å². The molecule has 1 fully saturated rings. The van der Waals surface area contributed by atoms with Gasteiger partial charge in [-0.05, 0) is 31.9 Å². The van der Waals surface area contributed by atoms with Crippen molar-refractivity contribution in [2.45, 2.75) is 45.2 Å². The summed E-state index contributed by atoms with van der Waals surface area (Å²) < 4.78 is 5.78. The third-order valence-corrected chi connectivity index (χ3v) is 4.77. The van der Waals surface area contributed by atoms with Crippen molar-refractivity contribution in [3.63, 3.8) is 0 Å². The highest BCUT2D eigenvalue weighted by Gasteiger charge is 2.32. The van der Waals surface area contributed by atoms with E-state index in [-0.39, 0.29) is 17.9 Å². The highest BCUT2D eigenvalue weighted by molar-refractivity contribution is 5.93. The molecule has 0 radical (unpaired) electrons. The fourth-order valence-electron chi connectivity index (χ4n) is 3.37. The highest BCUT2D eigenvalue weighted by Crippen LogP contribution is 2.31. The second-order valence-corrected chi connectivity index (χ2v) is 6.37. The molecule has 23 heavy (non-hydrogen) atoms. The van der Waals surface area contributed by atoms with Crippen molar-refractivity contribution in [2.75, 3.05) is 6.61 Å². The van der Waals surface area contributed by atoms with Crippen LogP contribution in [0.5, 0.6) is 5.75 Å². The number of nitrogens with one attached hydrogen (secondary N) is 1. The first-order valence-corrected chi connectivity index (χ1v) is 8.11. The maximum atomic E-state index is 12.8. The zero-order valence-corrected chi connectivity index (χ0v) is 13.2. The van der Waals surface area contributed by atoms with Gasteiger partial charge in [0.2, 0.25) is 5.91 Å². The number of fused-ring (bicyclic) bond motifs is 1. The molecule has 124 valence electrons. The SMILES string of the molecule is C[C@H]1COc2cc(C(=O)NO)ccc2CN1C(=O)C1CCCC1. The minimum absolute atomic E-state index is 0.00869. The van der Waals surface area contributed by atoms with E-state index in [1.165, 1.54) is 0 Å². The molecule has 1 atom stereocenters. The van der Waals surface area contributed by atoms with Gasteiger partial charge >= 0.3 is 0 Å². The summed E-state index contributed by atoms with van der Waals surface area (Å²) >= 11 is 0. The average Bonchev–Trinajstić information content (AvgIpc) is 3.05. The summed E-state index contributed by atoms with van der Waals surface area (Å²) in [5.41, 5.74) is 2.83. The predicted octanol–water partition coefficient (Wildman–Crippen LogP) is 2.11. The van der Waals surface area contributed by atoms with Crippen LogP contribution >= 0.6 is 0 Å². The molecule has 2 N–H and O–H groups in total. The zero-order chi connectivity index (χ0) is 16.4. The third kappa shape index (κ3) is 3.17. The number of hydrogen-bond donors (Lipinski definition) is 2. The smallest absolute Gasteiger partial charge is 0.274 e. The van der Waals surface area contributed by atoms with Crippen molar-refractivity contribution in [3.05, 3.63) is 29.3 Å². The summed E-state index contributed by atoms with van der Waals surface area (Å²) in [4.78, 5) is 26.2. The van der Waals surface area contributed by atoms with Crippen molar-refractivity contribution < 1.29 is 19.5 Å². The second kappa shape index (κ2) is 6.58. The minimum atomic E-state index is -0.576. The lowest BCUT2D eigenvalue weighted by Gasteiger charge is -2.29. The van der Waals surface area contributed by atoms with E-state index in [4.69, 9.17) is 9.94 Å². The molecule has 6 nitrogen and oxygen atoms in total. The quantitative estimate of drug-likeness (QED) is 0.646. The number of carbonyl (C=O) groups excluding carboxylic acids is 2. The summed E-state index contributed by atoms with van der Waals surface area (Å²) in [6.45, 7) is 2.88. The Morgan fingerprint density at radius 3 is 2.74 bits per heavy atom. The van der Waals surface area contributed by atoms with Crippen LogP contribution in [0.4, 0.5) is 0 Å². The Hall–Kier alpha value is -2.08. The molecule has 0 saturated heterocycles. The molecule has 6 heteroatoms. The van der Waals surface area contributed by atoms with Crippen LogP contribution in [0.15, 0.2) is 18.2 Å². The molecule has 2 aliphatic rings. The summed E-state index contributed by atoms with van der Waals surface area (Å²) in [7, 11) is 0. The highest BCUT2D eigenvalue weighted by atomic mass is 16.5. The molecule has 0 bridgehead atoms. The van der Waals surface area contributed by atoms with Crippen molar-refractivity contribution in [2.24, 2.45) is 5.92 Å². The molecule has 1 aromatic carbocycles. The van der Waals surface area contributed by atoms with E-state index in [1.807, 2.05) is 11.8 Å². The van der Waals surface area contributed by atoms with E-state index >= 15 is 0 Å². The van der Waals surface area contributed by atoms with Crippen LogP contribution in [0.2, 0.25) is 0 Å². The van der Waals surface area contributed by atoms with E-state index in [2.05, 4.69) is 0 Å². The van der Waals surface area contributed by atoms with Gasteiger partial charge in [0, 0.05) is 23.6 Å². The summed E-state index contributed by atoms with van der Waals surface area (Å²) in [5, 5.41) is 8.73. The monoisotopic (exact) mass is 318 g/mol. The van der Waals surface area contributed by atoms with Crippen LogP contribution in [0.25, 0.3) is 0 Å². The van der Waals surface area contributed by atoms with Crippen LogP contribution in [0.1, 0.15) is 48.5 Å². The number of nitrogens with zero attached hydrogens (tertiary/aromatic N) is 1. The summed E-state index contributed by atoms with van der Waals surface area (Å²) in [6, 6.07) is 5.01. The minimum Gasteiger partial charge on any atom is -0.491 e. The van der Waals surface area contributed by atoms with Crippen LogP contribution in [-0.2, 0) is 11.3 Å². The van der Waals surface area contributed by atoms with Gasteiger partial charge in [0.25, 0.3) is 5.91 Å². The van der Waals surface area contributed by atoms with Crippen molar-refractivity contribution in [3.8, 4) is 5.75 Å². The topological polar surface area (TPSA) is 78.9 Å². The molecule has 1 aromatic rings. The first kappa shape index (κ1) is 15.8. The van der Waals surface area contributed by atoms with Gasteiger partial charge in [0.05, 0.1) is 6.04 Å². The number of benzene rings is 1. The fraction of sp³-hybridized carbons (Fsp3) is 0.529. The lowest BCUT2D eigenvalue weighted by molar-refractivity contribution is -0.138. The first-order chi connectivity index (χ1) is 11.1. The molecule has 2 amide bonds. The molecule has 0 aromatic heterocycles. The van der Waals surface area contributed by atoms with Crippen LogP contribution in [0, 0.1) is 5.92 Å². The molecule has 1 heterocycles. The standard InChI is InChI=1S/C17H22N2O4/c1-11-10-23-15-8-13(16(20)18-22)6-7-14(15)9-19(11)17(21)12-4-2-3-5-12/h6-8,11-12,22H,2-5,9-10H2,1H3,(H,18,20)/t11-/m0/s1. The average molecular weight is 318 g/mol. The van der Waals surface area contributed by atoms with E-state index in [0.29, 0.717) is 24.5 Å². The van der Waals surface area contributed by atoms with Crippen molar-refractivity contribution >= 4 is 11.8 Å². The molecule has 1 saturated carbocycles. The maximum absolute atomic E-state index is 12.8. The Kier molecular flexibility index (Phi) is 4.52. The Bertz CT molecular complexity index is 611. The largest absolute Gasteiger partial charge is 0.491 e. The molecule has 1 aliphatic heterocycles. The van der Waals surface area contributed by atoms with E-state index < -0.39 is 5.91 Å². The molecule has 0 spiro atoms. The Morgan fingerprint density at radius 1 is 1.30 bits per heavy atom. The Morgan fingerprint density at radius 2 is 2.04 bits per heavy atom. The molecule has 0 unspecified atom stereocenters. The number of hydroxylamine groups is 1. The second-order valence-electron chi connectivity index (χ2n) is 6.37. The molecule has 3 rings (SSSR count). The Labute approximate surface area is 135 Å². The Balaban J connectivity index is 1.83.